The second kappa shape index (κ2) is 5.33. The zero-order valence-corrected chi connectivity index (χ0v) is 10.6. The van der Waals surface area contributed by atoms with E-state index in [-0.39, 0.29) is 0 Å². The summed E-state index contributed by atoms with van der Waals surface area (Å²) in [5.74, 6) is 0.762. The molecule has 3 nitrogen and oxygen atoms in total. The molecule has 1 aromatic heterocycles. The quantitative estimate of drug-likeness (QED) is 0.887. The van der Waals surface area contributed by atoms with E-state index in [0.29, 0.717) is 5.56 Å². The Bertz CT molecular complexity index is 580. The monoisotopic (exact) mass is 237 g/mol. The van der Waals surface area contributed by atoms with E-state index < -0.39 is 0 Å². The number of hydrogen-bond acceptors (Lipinski definition) is 3. The predicted molar refractivity (Wildman–Crippen MR) is 72.8 cm³/mol. The van der Waals surface area contributed by atoms with E-state index in [9.17, 15) is 0 Å². The molecule has 0 spiro atoms. The van der Waals surface area contributed by atoms with Crippen LogP contribution in [0, 0.1) is 18.3 Å². The van der Waals surface area contributed by atoms with Gasteiger partial charge in [-0.2, -0.15) is 5.26 Å². The third-order valence-corrected chi connectivity index (χ3v) is 2.89. The summed E-state index contributed by atoms with van der Waals surface area (Å²) in [6.45, 7) is 4.21. The Kier molecular flexibility index (Phi) is 3.59. The van der Waals surface area contributed by atoms with Gasteiger partial charge in [-0.05, 0) is 36.6 Å². The summed E-state index contributed by atoms with van der Waals surface area (Å²) < 4.78 is 0. The van der Waals surface area contributed by atoms with Crippen LogP contribution in [0.2, 0.25) is 0 Å². The number of aryl methyl sites for hydroxylation is 2. The van der Waals surface area contributed by atoms with Gasteiger partial charge in [0, 0.05) is 11.9 Å². The summed E-state index contributed by atoms with van der Waals surface area (Å²) in [6.07, 6.45) is 2.55. The Morgan fingerprint density at radius 3 is 2.72 bits per heavy atom. The lowest BCUT2D eigenvalue weighted by Gasteiger charge is -2.13. The maximum atomic E-state index is 8.73. The third-order valence-electron chi connectivity index (χ3n) is 2.89. The number of anilines is 2. The van der Waals surface area contributed by atoms with Crippen molar-refractivity contribution in [1.29, 1.82) is 5.26 Å². The molecule has 0 amide bonds. The average Bonchev–Trinajstić information content (AvgIpc) is 2.42. The van der Waals surface area contributed by atoms with E-state index in [0.717, 1.165) is 17.9 Å². The zero-order valence-electron chi connectivity index (χ0n) is 10.6. The lowest BCUT2D eigenvalue weighted by atomic mass is 10.1. The van der Waals surface area contributed by atoms with E-state index in [4.69, 9.17) is 5.26 Å². The highest BCUT2D eigenvalue weighted by molar-refractivity contribution is 5.64. The largest absolute Gasteiger partial charge is 0.340 e. The highest BCUT2D eigenvalue weighted by Gasteiger charge is 2.05. The molecule has 1 aromatic carbocycles. The molecule has 2 rings (SSSR count). The standard InChI is InChI=1S/C15H15N3/c1-3-13-6-4-5-11(2)15(13)18-14-8-7-12(9-16)10-17-14/h4-8,10H,3H2,1-2H3,(H,17,18). The molecule has 3 heteroatoms. The molecule has 18 heavy (non-hydrogen) atoms. The molecule has 2 aromatic rings. The predicted octanol–water partition coefficient (Wildman–Crippen LogP) is 3.57. The number of benzene rings is 1. The molecule has 0 bridgehead atoms. The molecule has 1 N–H and O–H groups in total. The molecule has 90 valence electrons. The minimum Gasteiger partial charge on any atom is -0.340 e. The fraction of sp³-hybridized carbons (Fsp3) is 0.200. The molecule has 0 aliphatic heterocycles. The van der Waals surface area contributed by atoms with Gasteiger partial charge in [0.1, 0.15) is 11.9 Å². The summed E-state index contributed by atoms with van der Waals surface area (Å²) >= 11 is 0. The first-order chi connectivity index (χ1) is 8.74. The van der Waals surface area contributed by atoms with Gasteiger partial charge in [0.05, 0.1) is 5.56 Å². The van der Waals surface area contributed by atoms with Crippen LogP contribution in [0.15, 0.2) is 36.5 Å². The van der Waals surface area contributed by atoms with Crippen LogP contribution in [0.1, 0.15) is 23.6 Å². The Labute approximate surface area is 107 Å². The van der Waals surface area contributed by atoms with Crippen molar-refractivity contribution in [3.63, 3.8) is 0 Å². The second-order valence-electron chi connectivity index (χ2n) is 4.13. The number of aromatic nitrogens is 1. The summed E-state index contributed by atoms with van der Waals surface area (Å²) in [6, 6.07) is 11.9. The molecule has 0 radical (unpaired) electrons. The van der Waals surface area contributed by atoms with Crippen LogP contribution in [-0.4, -0.2) is 4.98 Å². The highest BCUT2D eigenvalue weighted by Crippen LogP contribution is 2.24. The Morgan fingerprint density at radius 2 is 2.11 bits per heavy atom. The molecule has 0 fully saturated rings. The number of pyridine rings is 1. The van der Waals surface area contributed by atoms with Crippen molar-refractivity contribution in [3.05, 3.63) is 53.2 Å². The van der Waals surface area contributed by atoms with Gasteiger partial charge >= 0.3 is 0 Å². The van der Waals surface area contributed by atoms with Crippen molar-refractivity contribution < 1.29 is 0 Å². The Morgan fingerprint density at radius 1 is 1.28 bits per heavy atom. The fourth-order valence-corrected chi connectivity index (χ4v) is 1.86. The first kappa shape index (κ1) is 12.1. The lowest BCUT2D eigenvalue weighted by molar-refractivity contribution is 1.13. The van der Waals surface area contributed by atoms with Crippen molar-refractivity contribution in [2.24, 2.45) is 0 Å². The van der Waals surface area contributed by atoms with Crippen LogP contribution in [0.25, 0.3) is 0 Å². The SMILES string of the molecule is CCc1cccc(C)c1Nc1ccc(C#N)cn1. The lowest BCUT2D eigenvalue weighted by Crippen LogP contribution is -1.99. The molecule has 0 aliphatic rings. The minimum atomic E-state index is 0.570. The van der Waals surface area contributed by atoms with Crippen molar-refractivity contribution >= 4 is 11.5 Å². The van der Waals surface area contributed by atoms with Crippen LogP contribution in [0.3, 0.4) is 0 Å². The second-order valence-corrected chi connectivity index (χ2v) is 4.13. The maximum absolute atomic E-state index is 8.73. The molecule has 0 aliphatic carbocycles. The van der Waals surface area contributed by atoms with E-state index in [1.54, 1.807) is 12.3 Å². The maximum Gasteiger partial charge on any atom is 0.130 e. The number of para-hydroxylation sites is 1. The van der Waals surface area contributed by atoms with E-state index in [1.165, 1.54) is 11.1 Å². The van der Waals surface area contributed by atoms with Gasteiger partial charge < -0.3 is 5.32 Å². The number of nitrogens with zero attached hydrogens (tertiary/aromatic N) is 2. The number of nitriles is 1. The normalized spacial score (nSPS) is 9.83. The van der Waals surface area contributed by atoms with Crippen LogP contribution >= 0.6 is 0 Å². The zero-order chi connectivity index (χ0) is 13.0. The van der Waals surface area contributed by atoms with Gasteiger partial charge in [0.2, 0.25) is 0 Å². The molecule has 0 saturated heterocycles. The number of rotatable bonds is 3. The first-order valence-corrected chi connectivity index (χ1v) is 5.96. The smallest absolute Gasteiger partial charge is 0.130 e. The molecule has 0 atom stereocenters. The fourth-order valence-electron chi connectivity index (χ4n) is 1.86. The van der Waals surface area contributed by atoms with Crippen molar-refractivity contribution in [2.45, 2.75) is 20.3 Å². The van der Waals surface area contributed by atoms with Crippen LogP contribution in [-0.2, 0) is 6.42 Å². The van der Waals surface area contributed by atoms with E-state index in [1.807, 2.05) is 6.07 Å². The summed E-state index contributed by atoms with van der Waals surface area (Å²) in [4.78, 5) is 4.23. The van der Waals surface area contributed by atoms with Gasteiger partial charge in [-0.25, -0.2) is 4.98 Å². The van der Waals surface area contributed by atoms with E-state index in [2.05, 4.69) is 48.4 Å². The topological polar surface area (TPSA) is 48.7 Å². The summed E-state index contributed by atoms with van der Waals surface area (Å²) in [5.41, 5.74) is 4.14. The van der Waals surface area contributed by atoms with Crippen molar-refractivity contribution in [3.8, 4) is 6.07 Å². The average molecular weight is 237 g/mol. The highest BCUT2D eigenvalue weighted by atomic mass is 15.0. The van der Waals surface area contributed by atoms with Crippen LogP contribution in [0.5, 0.6) is 0 Å². The third kappa shape index (κ3) is 2.49. The van der Waals surface area contributed by atoms with Crippen LogP contribution < -0.4 is 5.32 Å². The van der Waals surface area contributed by atoms with Crippen molar-refractivity contribution in [2.75, 3.05) is 5.32 Å². The summed E-state index contributed by atoms with van der Waals surface area (Å²) in [7, 11) is 0. The van der Waals surface area contributed by atoms with Gasteiger partial charge in [-0.1, -0.05) is 25.1 Å². The minimum absolute atomic E-state index is 0.570. The Hall–Kier alpha value is -2.34. The number of nitrogens with one attached hydrogen (secondary N) is 1. The molecule has 0 unspecified atom stereocenters. The van der Waals surface area contributed by atoms with Gasteiger partial charge in [-0.3, -0.25) is 0 Å². The van der Waals surface area contributed by atoms with E-state index >= 15 is 0 Å². The van der Waals surface area contributed by atoms with Gasteiger partial charge in [0.15, 0.2) is 0 Å². The molecule has 1 heterocycles. The van der Waals surface area contributed by atoms with Gasteiger partial charge in [-0.15, -0.1) is 0 Å². The molecular formula is C15H15N3. The van der Waals surface area contributed by atoms with Crippen LogP contribution in [0.4, 0.5) is 11.5 Å². The Balaban J connectivity index is 2.31. The van der Waals surface area contributed by atoms with Gasteiger partial charge in [0.25, 0.3) is 0 Å². The first-order valence-electron chi connectivity index (χ1n) is 5.96. The van der Waals surface area contributed by atoms with Crippen molar-refractivity contribution in [1.82, 2.24) is 4.98 Å². The number of hydrogen-bond donors (Lipinski definition) is 1. The summed E-state index contributed by atoms with van der Waals surface area (Å²) in [5, 5.41) is 12.1. The molecule has 0 saturated carbocycles. The molecular weight excluding hydrogens is 222 g/mol.